The number of carbonyl (C=O) groups excluding carboxylic acids is 3. The highest BCUT2D eigenvalue weighted by molar-refractivity contribution is 8.01. The van der Waals surface area contributed by atoms with E-state index in [2.05, 4.69) is 31.6 Å². The number of hydrogen-bond acceptors (Lipinski definition) is 5. The van der Waals surface area contributed by atoms with Crippen molar-refractivity contribution in [2.45, 2.75) is 70.7 Å². The zero-order valence-electron chi connectivity index (χ0n) is 17.5. The largest absolute Gasteiger partial charge is 0.315 e. The molecular formula is C21H29N3O3S2. The molecule has 1 aliphatic carbocycles. The summed E-state index contributed by atoms with van der Waals surface area (Å²) in [5.41, 5.74) is 6.63. The number of amides is 3. The van der Waals surface area contributed by atoms with Crippen molar-refractivity contribution in [3.05, 3.63) is 21.4 Å². The molecule has 29 heavy (non-hydrogen) atoms. The molecule has 4 rings (SSSR count). The van der Waals surface area contributed by atoms with Crippen LogP contribution in [0.15, 0.2) is 6.07 Å². The Bertz CT molecular complexity index is 860. The first-order valence-electron chi connectivity index (χ1n) is 10.3. The molecule has 1 aromatic rings. The third kappa shape index (κ3) is 3.81. The van der Waals surface area contributed by atoms with E-state index in [-0.39, 0.29) is 28.0 Å². The van der Waals surface area contributed by atoms with Gasteiger partial charge in [-0.05, 0) is 55.6 Å². The van der Waals surface area contributed by atoms with Gasteiger partial charge in [0.25, 0.3) is 11.8 Å². The molecule has 3 unspecified atom stereocenters. The summed E-state index contributed by atoms with van der Waals surface area (Å²) in [6.07, 6.45) is 4.41. The van der Waals surface area contributed by atoms with Crippen LogP contribution in [-0.2, 0) is 22.4 Å². The molecule has 2 fully saturated rings. The lowest BCUT2D eigenvalue weighted by molar-refractivity contribution is -0.138. The standard InChI is InChI=1S/C21H29N3O3S2/c1-20(2,3)13-5-6-15-12(9-13)10-16(29-15)19(27)23-22-18(26)14-11-28-21(4)8-7-17(25)24(14)21/h10,13-14H,5-9,11H2,1-4H3,(H,22,26)(H,23,27). The molecule has 0 spiro atoms. The molecule has 0 saturated carbocycles. The van der Waals surface area contributed by atoms with Crippen LogP contribution in [0.2, 0.25) is 0 Å². The van der Waals surface area contributed by atoms with Gasteiger partial charge in [-0.2, -0.15) is 0 Å². The third-order valence-electron chi connectivity index (χ3n) is 6.58. The van der Waals surface area contributed by atoms with E-state index >= 15 is 0 Å². The van der Waals surface area contributed by atoms with E-state index < -0.39 is 6.04 Å². The maximum absolute atomic E-state index is 12.6. The number of aryl methyl sites for hydroxylation is 1. The van der Waals surface area contributed by atoms with Crippen LogP contribution in [0.25, 0.3) is 0 Å². The molecule has 3 atom stereocenters. The van der Waals surface area contributed by atoms with E-state index in [1.165, 1.54) is 21.8 Å². The minimum absolute atomic E-state index is 0.0170. The Kier molecular flexibility index (Phi) is 5.22. The number of rotatable bonds is 2. The fourth-order valence-electron chi connectivity index (χ4n) is 4.65. The van der Waals surface area contributed by atoms with Crippen LogP contribution in [-0.4, -0.2) is 39.3 Å². The minimum atomic E-state index is -0.524. The predicted octanol–water partition coefficient (Wildman–Crippen LogP) is 3.11. The summed E-state index contributed by atoms with van der Waals surface area (Å²) in [6.45, 7) is 8.83. The van der Waals surface area contributed by atoms with Crippen molar-refractivity contribution in [1.29, 1.82) is 0 Å². The lowest BCUT2D eigenvalue weighted by Crippen LogP contribution is -2.54. The monoisotopic (exact) mass is 435 g/mol. The second-order valence-corrected chi connectivity index (χ2v) is 12.2. The van der Waals surface area contributed by atoms with Gasteiger partial charge >= 0.3 is 0 Å². The maximum atomic E-state index is 12.6. The first-order valence-corrected chi connectivity index (χ1v) is 12.1. The van der Waals surface area contributed by atoms with E-state index in [0.717, 1.165) is 25.7 Å². The van der Waals surface area contributed by atoms with Crippen molar-refractivity contribution in [2.75, 3.05) is 5.75 Å². The highest BCUT2D eigenvalue weighted by Gasteiger charge is 2.53. The molecule has 2 N–H and O–H groups in total. The number of carbonyl (C=O) groups is 3. The molecule has 2 saturated heterocycles. The van der Waals surface area contributed by atoms with Crippen molar-refractivity contribution in [1.82, 2.24) is 15.8 Å². The van der Waals surface area contributed by atoms with Crippen molar-refractivity contribution >= 4 is 40.8 Å². The zero-order valence-corrected chi connectivity index (χ0v) is 19.1. The Morgan fingerprint density at radius 1 is 1.24 bits per heavy atom. The number of hydrogen-bond donors (Lipinski definition) is 2. The van der Waals surface area contributed by atoms with Crippen LogP contribution in [0.1, 0.15) is 67.1 Å². The smallest absolute Gasteiger partial charge is 0.279 e. The molecule has 0 bridgehead atoms. The highest BCUT2D eigenvalue weighted by Crippen LogP contribution is 2.47. The molecule has 8 heteroatoms. The summed E-state index contributed by atoms with van der Waals surface area (Å²) in [5, 5.41) is 0. The molecule has 0 aromatic carbocycles. The quantitative estimate of drug-likeness (QED) is 0.700. The van der Waals surface area contributed by atoms with Crippen LogP contribution in [0.3, 0.4) is 0 Å². The molecule has 3 aliphatic rings. The number of thiophene rings is 1. The van der Waals surface area contributed by atoms with Crippen molar-refractivity contribution in [3.63, 3.8) is 0 Å². The summed E-state index contributed by atoms with van der Waals surface area (Å²) < 4.78 is 0. The minimum Gasteiger partial charge on any atom is -0.315 e. The van der Waals surface area contributed by atoms with Gasteiger partial charge in [0.2, 0.25) is 5.91 Å². The second-order valence-electron chi connectivity index (χ2n) is 9.57. The average molecular weight is 436 g/mol. The number of nitrogens with one attached hydrogen (secondary N) is 2. The second kappa shape index (κ2) is 7.30. The Balaban J connectivity index is 1.37. The Hall–Kier alpha value is -1.54. The van der Waals surface area contributed by atoms with Gasteiger partial charge in [-0.15, -0.1) is 23.1 Å². The summed E-state index contributed by atoms with van der Waals surface area (Å²) in [6, 6.07) is 1.45. The molecule has 3 heterocycles. The van der Waals surface area contributed by atoms with E-state index in [4.69, 9.17) is 0 Å². The fourth-order valence-corrected chi connectivity index (χ4v) is 7.19. The zero-order chi connectivity index (χ0) is 21.0. The lowest BCUT2D eigenvalue weighted by atomic mass is 9.72. The SMILES string of the molecule is CC(C)(C)C1CCc2sc(C(=O)NNC(=O)C3CSC4(C)CCC(=O)N34)cc2C1. The third-order valence-corrected chi connectivity index (χ3v) is 9.32. The summed E-state index contributed by atoms with van der Waals surface area (Å²) in [7, 11) is 0. The number of nitrogens with zero attached hydrogens (tertiary/aromatic N) is 1. The molecule has 3 amide bonds. The Morgan fingerprint density at radius 2 is 2.00 bits per heavy atom. The van der Waals surface area contributed by atoms with Gasteiger partial charge in [0, 0.05) is 17.1 Å². The molecule has 2 aliphatic heterocycles. The molecular weight excluding hydrogens is 406 g/mol. The van der Waals surface area contributed by atoms with Gasteiger partial charge in [-0.25, -0.2) is 0 Å². The van der Waals surface area contributed by atoms with Crippen LogP contribution in [0.4, 0.5) is 0 Å². The van der Waals surface area contributed by atoms with Gasteiger partial charge in [0.15, 0.2) is 0 Å². The predicted molar refractivity (Wildman–Crippen MR) is 116 cm³/mol. The van der Waals surface area contributed by atoms with Crippen molar-refractivity contribution < 1.29 is 14.4 Å². The molecule has 1 aromatic heterocycles. The van der Waals surface area contributed by atoms with Crippen LogP contribution in [0, 0.1) is 11.3 Å². The Labute approximate surface area is 180 Å². The first-order chi connectivity index (χ1) is 13.6. The van der Waals surface area contributed by atoms with Gasteiger partial charge in [0.05, 0.1) is 9.75 Å². The first kappa shape index (κ1) is 20.7. The van der Waals surface area contributed by atoms with E-state index in [0.29, 0.717) is 23.0 Å². The van der Waals surface area contributed by atoms with Gasteiger partial charge < -0.3 is 4.90 Å². The van der Waals surface area contributed by atoms with Crippen molar-refractivity contribution in [2.24, 2.45) is 11.3 Å². The van der Waals surface area contributed by atoms with Crippen molar-refractivity contribution in [3.8, 4) is 0 Å². The summed E-state index contributed by atoms with van der Waals surface area (Å²) in [4.78, 5) is 40.8. The fraction of sp³-hybridized carbons (Fsp3) is 0.667. The van der Waals surface area contributed by atoms with Crippen LogP contribution in [0.5, 0.6) is 0 Å². The van der Waals surface area contributed by atoms with Gasteiger partial charge in [0.1, 0.15) is 6.04 Å². The van der Waals surface area contributed by atoms with Crippen LogP contribution < -0.4 is 10.9 Å². The number of thioether (sulfide) groups is 1. The highest BCUT2D eigenvalue weighted by atomic mass is 32.2. The summed E-state index contributed by atoms with van der Waals surface area (Å²) in [5.74, 6) is 0.590. The maximum Gasteiger partial charge on any atom is 0.279 e. The molecule has 158 valence electrons. The molecule has 6 nitrogen and oxygen atoms in total. The average Bonchev–Trinajstić information content (AvgIpc) is 3.31. The van der Waals surface area contributed by atoms with E-state index in [9.17, 15) is 14.4 Å². The lowest BCUT2D eigenvalue weighted by Gasteiger charge is -2.33. The topological polar surface area (TPSA) is 78.5 Å². The van der Waals surface area contributed by atoms with E-state index in [1.54, 1.807) is 16.7 Å². The van der Waals surface area contributed by atoms with Crippen LogP contribution >= 0.6 is 23.1 Å². The summed E-state index contributed by atoms with van der Waals surface area (Å²) >= 11 is 3.16. The molecule has 0 radical (unpaired) electrons. The Morgan fingerprint density at radius 3 is 2.72 bits per heavy atom. The van der Waals surface area contributed by atoms with Gasteiger partial charge in [-0.1, -0.05) is 20.8 Å². The van der Waals surface area contributed by atoms with E-state index in [1.807, 2.05) is 13.0 Å². The number of fused-ring (bicyclic) bond motifs is 2. The normalized spacial score (nSPS) is 28.8. The number of hydrazine groups is 1. The van der Waals surface area contributed by atoms with Gasteiger partial charge in [-0.3, -0.25) is 25.2 Å².